The maximum absolute atomic E-state index is 12.7. The number of phenolic OH excluding ortho intramolecular Hbond substituents is 1. The lowest BCUT2D eigenvalue weighted by atomic mass is 9.96. The predicted molar refractivity (Wildman–Crippen MR) is 107 cm³/mol. The normalized spacial score (nSPS) is 21.8. The van der Waals surface area contributed by atoms with E-state index in [0.717, 1.165) is 5.56 Å². The molecular weight excluding hydrogens is 402 g/mol. The second kappa shape index (κ2) is 8.10. The van der Waals surface area contributed by atoms with E-state index in [0.29, 0.717) is 0 Å². The Morgan fingerprint density at radius 1 is 1.10 bits per heavy atom. The first-order chi connectivity index (χ1) is 14.9. The average Bonchev–Trinajstić information content (AvgIpc) is 3.13. The molecule has 4 rings (SSSR count). The van der Waals surface area contributed by atoms with Crippen molar-refractivity contribution in [3.63, 3.8) is 0 Å². The van der Waals surface area contributed by atoms with E-state index in [9.17, 15) is 24.3 Å². The van der Waals surface area contributed by atoms with Crippen LogP contribution in [0.2, 0.25) is 0 Å². The fourth-order valence-electron chi connectivity index (χ4n) is 3.85. The maximum Gasteiger partial charge on any atom is 0.350 e. The molecule has 2 aliphatic rings. The van der Waals surface area contributed by atoms with Gasteiger partial charge in [-0.3, -0.25) is 14.4 Å². The molecule has 9 heteroatoms. The van der Waals surface area contributed by atoms with Crippen molar-refractivity contribution in [1.29, 1.82) is 0 Å². The van der Waals surface area contributed by atoms with Gasteiger partial charge in [0.25, 0.3) is 5.91 Å². The van der Waals surface area contributed by atoms with E-state index in [-0.39, 0.29) is 30.4 Å². The molecule has 2 aliphatic heterocycles. The fourth-order valence-corrected chi connectivity index (χ4v) is 3.85. The summed E-state index contributed by atoms with van der Waals surface area (Å²) < 4.78 is 5.35. The molecular formula is C22H21N3O6. The van der Waals surface area contributed by atoms with Gasteiger partial charge in [-0.1, -0.05) is 30.3 Å². The van der Waals surface area contributed by atoms with Crippen molar-refractivity contribution in [2.45, 2.75) is 31.8 Å². The highest BCUT2D eigenvalue weighted by atomic mass is 16.5. The molecule has 0 spiro atoms. The Morgan fingerprint density at radius 3 is 2.42 bits per heavy atom. The van der Waals surface area contributed by atoms with Crippen LogP contribution in [0.4, 0.5) is 0 Å². The zero-order valence-electron chi connectivity index (χ0n) is 16.7. The van der Waals surface area contributed by atoms with E-state index >= 15 is 0 Å². The molecule has 3 amide bonds. The van der Waals surface area contributed by atoms with Gasteiger partial charge in [0.1, 0.15) is 18.4 Å². The number of nitrogens with zero attached hydrogens (tertiary/aromatic N) is 2. The van der Waals surface area contributed by atoms with Gasteiger partial charge < -0.3 is 25.0 Å². The predicted octanol–water partition coefficient (Wildman–Crippen LogP) is 0.633. The van der Waals surface area contributed by atoms with Crippen LogP contribution in [0.25, 0.3) is 0 Å². The van der Waals surface area contributed by atoms with Crippen LogP contribution < -0.4 is 5.32 Å². The zero-order valence-corrected chi connectivity index (χ0v) is 16.7. The Bertz CT molecular complexity index is 1020. The van der Waals surface area contributed by atoms with Crippen molar-refractivity contribution in [1.82, 2.24) is 15.1 Å². The summed E-state index contributed by atoms with van der Waals surface area (Å²) >= 11 is 0. The van der Waals surface area contributed by atoms with Crippen molar-refractivity contribution >= 4 is 23.7 Å². The summed E-state index contributed by atoms with van der Waals surface area (Å²) in [6.45, 7) is 1.46. The quantitative estimate of drug-likeness (QED) is 0.538. The smallest absolute Gasteiger partial charge is 0.350 e. The Balaban J connectivity index is 1.45. The molecule has 160 valence electrons. The summed E-state index contributed by atoms with van der Waals surface area (Å²) in [6, 6.07) is 13.3. The number of aromatic hydroxyl groups is 1. The Kier molecular flexibility index (Phi) is 5.33. The van der Waals surface area contributed by atoms with Crippen LogP contribution in [0.15, 0.2) is 54.6 Å². The van der Waals surface area contributed by atoms with Crippen LogP contribution in [0.5, 0.6) is 5.75 Å². The monoisotopic (exact) mass is 423 g/mol. The topological polar surface area (TPSA) is 116 Å². The third kappa shape index (κ3) is 3.81. The highest BCUT2D eigenvalue weighted by molar-refractivity contribution is 6.02. The average molecular weight is 423 g/mol. The van der Waals surface area contributed by atoms with Crippen LogP contribution in [-0.4, -0.2) is 63.4 Å². The van der Waals surface area contributed by atoms with E-state index in [1.165, 1.54) is 41.0 Å². The van der Waals surface area contributed by atoms with Crippen LogP contribution >= 0.6 is 0 Å². The molecule has 0 radical (unpaired) electrons. The van der Waals surface area contributed by atoms with Crippen molar-refractivity contribution in [3.8, 4) is 5.75 Å². The molecule has 2 unspecified atom stereocenters. The van der Waals surface area contributed by atoms with Crippen molar-refractivity contribution in [2.75, 3.05) is 6.54 Å². The van der Waals surface area contributed by atoms with Gasteiger partial charge in [-0.15, -0.1) is 0 Å². The number of phenols is 1. The molecule has 0 bridgehead atoms. The van der Waals surface area contributed by atoms with Crippen LogP contribution in [0.1, 0.15) is 22.8 Å². The van der Waals surface area contributed by atoms with E-state index in [1.807, 2.05) is 18.2 Å². The maximum atomic E-state index is 12.7. The molecule has 2 aromatic carbocycles. The molecule has 9 nitrogen and oxygen atoms in total. The number of hydrogen-bond acceptors (Lipinski definition) is 6. The summed E-state index contributed by atoms with van der Waals surface area (Å²) in [6.07, 6.45) is -1.15. The van der Waals surface area contributed by atoms with E-state index in [2.05, 4.69) is 5.32 Å². The standard InChI is InChI=1S/C22H21N3O6/c1-13(26)24-11-17-18(23-19(28)15-7-9-16(27)10-8-15)21(29)25(17)20(24)22(30)31-12-14-5-3-2-4-6-14/h2-10,17-18,20,27H,11-12H2,1H3,(H,23,28)/t17?,18-,20?/m1/s1. The highest BCUT2D eigenvalue weighted by Gasteiger charge is 2.60. The molecule has 2 heterocycles. The molecule has 2 fully saturated rings. The Hall–Kier alpha value is -3.88. The van der Waals surface area contributed by atoms with Gasteiger partial charge in [0.05, 0.1) is 6.04 Å². The molecule has 0 aliphatic carbocycles. The summed E-state index contributed by atoms with van der Waals surface area (Å²) in [5.41, 5.74) is 1.07. The molecule has 3 atom stereocenters. The molecule has 2 saturated heterocycles. The van der Waals surface area contributed by atoms with Crippen molar-refractivity contribution in [3.05, 3.63) is 65.7 Å². The second-order valence-electron chi connectivity index (χ2n) is 7.45. The van der Waals surface area contributed by atoms with Crippen molar-refractivity contribution in [2.24, 2.45) is 0 Å². The largest absolute Gasteiger partial charge is 0.508 e. The van der Waals surface area contributed by atoms with Crippen molar-refractivity contribution < 1.29 is 29.0 Å². The number of rotatable bonds is 5. The summed E-state index contributed by atoms with van der Waals surface area (Å²) in [5, 5.41) is 12.0. The van der Waals surface area contributed by atoms with Gasteiger partial charge in [-0.25, -0.2) is 4.79 Å². The third-order valence-electron chi connectivity index (χ3n) is 5.46. The molecule has 2 aromatic rings. The van der Waals surface area contributed by atoms with E-state index in [1.54, 1.807) is 12.1 Å². The molecule has 0 aromatic heterocycles. The van der Waals surface area contributed by atoms with Crippen LogP contribution in [-0.2, 0) is 25.7 Å². The van der Waals surface area contributed by atoms with Gasteiger partial charge in [0, 0.05) is 19.0 Å². The number of amides is 3. The number of carbonyl (C=O) groups is 4. The zero-order chi connectivity index (χ0) is 22.1. The highest BCUT2D eigenvalue weighted by Crippen LogP contribution is 2.33. The lowest BCUT2D eigenvalue weighted by Gasteiger charge is -2.43. The first-order valence-electron chi connectivity index (χ1n) is 9.76. The first kappa shape index (κ1) is 20.4. The number of esters is 1. The lowest BCUT2D eigenvalue weighted by Crippen LogP contribution is -2.71. The number of carbonyl (C=O) groups excluding carboxylic acids is 4. The Morgan fingerprint density at radius 2 is 1.77 bits per heavy atom. The summed E-state index contributed by atoms with van der Waals surface area (Å²) in [7, 11) is 0. The van der Waals surface area contributed by atoms with Crippen LogP contribution in [0.3, 0.4) is 0 Å². The second-order valence-corrected chi connectivity index (χ2v) is 7.45. The minimum absolute atomic E-state index is 0.0206. The van der Waals surface area contributed by atoms with E-state index in [4.69, 9.17) is 4.74 Å². The van der Waals surface area contributed by atoms with Crippen LogP contribution in [0, 0.1) is 0 Å². The third-order valence-corrected chi connectivity index (χ3v) is 5.46. The number of β-lactam (4-membered cyclic amide) rings is 1. The van der Waals surface area contributed by atoms with Gasteiger partial charge in [-0.2, -0.15) is 0 Å². The molecule has 0 saturated carbocycles. The summed E-state index contributed by atoms with van der Waals surface area (Å²) in [5.74, 6) is -1.98. The van der Waals surface area contributed by atoms with Gasteiger partial charge >= 0.3 is 5.97 Å². The van der Waals surface area contributed by atoms with Gasteiger partial charge in [-0.05, 0) is 29.8 Å². The number of fused-ring (bicyclic) bond motifs is 1. The Labute approximate surface area is 178 Å². The first-order valence-corrected chi connectivity index (χ1v) is 9.76. The fraction of sp³-hybridized carbons (Fsp3) is 0.273. The number of ether oxygens (including phenoxy) is 1. The number of benzene rings is 2. The lowest BCUT2D eigenvalue weighted by molar-refractivity contribution is -0.169. The SMILES string of the molecule is CC(=O)N1CC2[C@@H](NC(=O)c3ccc(O)cc3)C(=O)N2C1C(=O)OCc1ccccc1. The molecule has 31 heavy (non-hydrogen) atoms. The van der Waals surface area contributed by atoms with E-state index < -0.39 is 36.0 Å². The minimum Gasteiger partial charge on any atom is -0.508 e. The van der Waals surface area contributed by atoms with Gasteiger partial charge in [0.2, 0.25) is 18.0 Å². The number of hydrogen-bond donors (Lipinski definition) is 2. The molecule has 2 N–H and O–H groups in total. The summed E-state index contributed by atoms with van der Waals surface area (Å²) in [4.78, 5) is 52.6. The number of nitrogens with one attached hydrogen (secondary N) is 1. The minimum atomic E-state index is -1.15. The van der Waals surface area contributed by atoms with Gasteiger partial charge in [0.15, 0.2) is 0 Å².